The van der Waals surface area contributed by atoms with E-state index in [0.29, 0.717) is 18.5 Å². The van der Waals surface area contributed by atoms with Gasteiger partial charge in [0, 0.05) is 6.54 Å². The Morgan fingerprint density at radius 2 is 2.06 bits per heavy atom. The maximum absolute atomic E-state index is 5.84. The Morgan fingerprint density at radius 3 is 2.53 bits per heavy atom. The van der Waals surface area contributed by atoms with E-state index in [-0.39, 0.29) is 0 Å². The van der Waals surface area contributed by atoms with Gasteiger partial charge in [0.1, 0.15) is 0 Å². The van der Waals surface area contributed by atoms with Gasteiger partial charge >= 0.3 is 0 Å². The molecule has 0 saturated heterocycles. The van der Waals surface area contributed by atoms with Crippen molar-refractivity contribution in [1.29, 1.82) is 0 Å². The highest BCUT2D eigenvalue weighted by Crippen LogP contribution is 2.36. The molecule has 0 aliphatic heterocycles. The predicted molar refractivity (Wildman–Crippen MR) is 68.3 cm³/mol. The highest BCUT2D eigenvalue weighted by molar-refractivity contribution is 5.34. The number of aromatic nitrogens is 2. The Kier molecular flexibility index (Phi) is 3.72. The lowest BCUT2D eigenvalue weighted by Crippen LogP contribution is -2.09. The molecular weight excluding hydrogens is 214 g/mol. The number of hydrogen-bond acceptors (Lipinski definition) is 3. The van der Waals surface area contributed by atoms with Crippen molar-refractivity contribution in [3.63, 3.8) is 0 Å². The third kappa shape index (κ3) is 2.18. The molecule has 1 aromatic rings. The zero-order chi connectivity index (χ0) is 12.4. The average Bonchev–Trinajstić information content (AvgIpc) is 2.94. The fourth-order valence-corrected chi connectivity index (χ4v) is 2.74. The molecule has 1 fully saturated rings. The summed E-state index contributed by atoms with van der Waals surface area (Å²) < 4.78 is 7.60. The summed E-state index contributed by atoms with van der Waals surface area (Å²) in [7, 11) is 1.71. The Bertz CT molecular complexity index is 378. The largest absolute Gasteiger partial charge is 0.481 e. The second-order valence-electron chi connectivity index (χ2n) is 5.11. The van der Waals surface area contributed by atoms with E-state index in [4.69, 9.17) is 15.6 Å². The molecule has 2 rings (SSSR count). The van der Waals surface area contributed by atoms with Gasteiger partial charge < -0.3 is 10.5 Å². The Balaban J connectivity index is 2.43. The molecule has 0 amide bonds. The molecule has 1 saturated carbocycles. The predicted octanol–water partition coefficient (Wildman–Crippen LogP) is 2.59. The molecule has 1 heterocycles. The Morgan fingerprint density at radius 1 is 1.41 bits per heavy atom. The number of methoxy groups -OCH3 is 1. The van der Waals surface area contributed by atoms with Crippen molar-refractivity contribution in [3.05, 3.63) is 11.3 Å². The van der Waals surface area contributed by atoms with Gasteiger partial charge in [-0.1, -0.05) is 26.7 Å². The number of rotatable bonds is 4. The van der Waals surface area contributed by atoms with Crippen molar-refractivity contribution in [2.75, 3.05) is 7.11 Å². The Hall–Kier alpha value is -1.03. The quantitative estimate of drug-likeness (QED) is 0.875. The molecule has 4 heteroatoms. The van der Waals surface area contributed by atoms with Crippen LogP contribution in [0.4, 0.5) is 0 Å². The standard InChI is InChI=1S/C13H23N3O/c1-9(2)12-11(8-14)13(17-3)16(15-12)10-6-4-5-7-10/h9-10H,4-8,14H2,1-3H3. The number of hydrogen-bond donors (Lipinski definition) is 1. The number of ether oxygens (including phenoxy) is 1. The topological polar surface area (TPSA) is 53.1 Å². The van der Waals surface area contributed by atoms with Gasteiger partial charge in [-0.15, -0.1) is 0 Å². The minimum atomic E-state index is 0.394. The normalized spacial score (nSPS) is 17.0. The summed E-state index contributed by atoms with van der Waals surface area (Å²) in [6.07, 6.45) is 5.00. The van der Waals surface area contributed by atoms with Crippen LogP contribution in [-0.2, 0) is 6.54 Å². The first-order chi connectivity index (χ1) is 8.19. The SMILES string of the molecule is COc1c(CN)c(C(C)C)nn1C1CCCC1. The van der Waals surface area contributed by atoms with E-state index >= 15 is 0 Å². The molecule has 1 aliphatic rings. The van der Waals surface area contributed by atoms with Crippen molar-refractivity contribution >= 4 is 0 Å². The summed E-state index contributed by atoms with van der Waals surface area (Å²) >= 11 is 0. The summed E-state index contributed by atoms with van der Waals surface area (Å²) in [6.45, 7) is 4.81. The van der Waals surface area contributed by atoms with Gasteiger partial charge in [0.25, 0.3) is 0 Å². The molecule has 0 radical (unpaired) electrons. The minimum absolute atomic E-state index is 0.394. The van der Waals surface area contributed by atoms with Crippen molar-refractivity contribution in [2.45, 2.75) is 58.0 Å². The summed E-state index contributed by atoms with van der Waals surface area (Å²) in [6, 6.07) is 0.503. The summed E-state index contributed by atoms with van der Waals surface area (Å²) in [5.41, 5.74) is 8.02. The lowest BCUT2D eigenvalue weighted by Gasteiger charge is -2.13. The monoisotopic (exact) mass is 237 g/mol. The molecule has 0 unspecified atom stereocenters. The molecule has 2 N–H and O–H groups in total. The third-order valence-electron chi connectivity index (χ3n) is 3.61. The van der Waals surface area contributed by atoms with E-state index in [0.717, 1.165) is 17.1 Å². The van der Waals surface area contributed by atoms with Gasteiger partial charge in [-0.2, -0.15) is 5.10 Å². The fraction of sp³-hybridized carbons (Fsp3) is 0.769. The van der Waals surface area contributed by atoms with E-state index in [9.17, 15) is 0 Å². The zero-order valence-corrected chi connectivity index (χ0v) is 11.1. The highest BCUT2D eigenvalue weighted by Gasteiger charge is 2.26. The lowest BCUT2D eigenvalue weighted by atomic mass is 10.1. The molecular formula is C13H23N3O. The van der Waals surface area contributed by atoms with Crippen LogP contribution in [0.25, 0.3) is 0 Å². The molecule has 96 valence electrons. The summed E-state index contributed by atoms with van der Waals surface area (Å²) in [5.74, 6) is 1.27. The van der Waals surface area contributed by atoms with Gasteiger partial charge in [-0.25, -0.2) is 4.68 Å². The van der Waals surface area contributed by atoms with Crippen molar-refractivity contribution in [2.24, 2.45) is 5.73 Å². The van der Waals surface area contributed by atoms with E-state index in [1.165, 1.54) is 25.7 Å². The molecule has 1 aliphatic carbocycles. The van der Waals surface area contributed by atoms with Gasteiger partial charge in [-0.05, 0) is 18.8 Å². The van der Waals surface area contributed by atoms with Crippen LogP contribution in [0.1, 0.15) is 62.7 Å². The second-order valence-corrected chi connectivity index (χ2v) is 5.11. The third-order valence-corrected chi connectivity index (χ3v) is 3.61. The van der Waals surface area contributed by atoms with Crippen LogP contribution in [0, 0.1) is 0 Å². The first kappa shape index (κ1) is 12.4. The van der Waals surface area contributed by atoms with Crippen LogP contribution in [-0.4, -0.2) is 16.9 Å². The van der Waals surface area contributed by atoms with Crippen LogP contribution >= 0.6 is 0 Å². The molecule has 4 nitrogen and oxygen atoms in total. The van der Waals surface area contributed by atoms with Crippen molar-refractivity contribution in [3.8, 4) is 5.88 Å². The first-order valence-corrected chi connectivity index (χ1v) is 6.54. The number of nitrogens with zero attached hydrogens (tertiary/aromatic N) is 2. The number of nitrogens with two attached hydrogens (primary N) is 1. The zero-order valence-electron chi connectivity index (χ0n) is 11.1. The maximum atomic E-state index is 5.84. The molecule has 0 atom stereocenters. The molecule has 0 aromatic carbocycles. The van der Waals surface area contributed by atoms with Crippen LogP contribution in [0.3, 0.4) is 0 Å². The molecule has 0 spiro atoms. The highest BCUT2D eigenvalue weighted by atomic mass is 16.5. The van der Waals surface area contributed by atoms with E-state index in [2.05, 4.69) is 18.5 Å². The van der Waals surface area contributed by atoms with Gasteiger partial charge in [-0.3, -0.25) is 0 Å². The maximum Gasteiger partial charge on any atom is 0.216 e. The summed E-state index contributed by atoms with van der Waals surface area (Å²) in [4.78, 5) is 0. The van der Waals surface area contributed by atoms with E-state index < -0.39 is 0 Å². The smallest absolute Gasteiger partial charge is 0.216 e. The second kappa shape index (κ2) is 5.08. The van der Waals surface area contributed by atoms with E-state index in [1.807, 2.05) is 0 Å². The van der Waals surface area contributed by atoms with Crippen molar-refractivity contribution < 1.29 is 4.74 Å². The molecule has 17 heavy (non-hydrogen) atoms. The van der Waals surface area contributed by atoms with Gasteiger partial charge in [0.15, 0.2) is 0 Å². The van der Waals surface area contributed by atoms with Crippen LogP contribution < -0.4 is 10.5 Å². The fourth-order valence-electron chi connectivity index (χ4n) is 2.74. The molecule has 1 aromatic heterocycles. The van der Waals surface area contributed by atoms with E-state index in [1.54, 1.807) is 7.11 Å². The van der Waals surface area contributed by atoms with Gasteiger partial charge in [0.2, 0.25) is 5.88 Å². The van der Waals surface area contributed by atoms with Crippen molar-refractivity contribution in [1.82, 2.24) is 9.78 Å². The van der Waals surface area contributed by atoms with Gasteiger partial charge in [0.05, 0.1) is 24.4 Å². The minimum Gasteiger partial charge on any atom is -0.481 e. The van der Waals surface area contributed by atoms with Crippen LogP contribution in [0.5, 0.6) is 5.88 Å². The van der Waals surface area contributed by atoms with Crippen LogP contribution in [0.2, 0.25) is 0 Å². The average molecular weight is 237 g/mol. The lowest BCUT2D eigenvalue weighted by molar-refractivity contribution is 0.328. The summed E-state index contributed by atoms with van der Waals surface area (Å²) in [5, 5.41) is 4.74. The van der Waals surface area contributed by atoms with Crippen LogP contribution in [0.15, 0.2) is 0 Å². The molecule has 0 bridgehead atoms. The Labute approximate surface area is 103 Å². The first-order valence-electron chi connectivity index (χ1n) is 6.54.